The molecule has 0 bridgehead atoms. The van der Waals surface area contributed by atoms with Crippen LogP contribution in [0.5, 0.6) is 5.75 Å². The molecule has 0 aliphatic heterocycles. The molecular formula is C24H28N4O6. The fourth-order valence-electron chi connectivity index (χ4n) is 2.87. The Morgan fingerprint density at radius 1 is 1.00 bits per heavy atom. The number of furan rings is 1. The number of carbonyl (C=O) groups is 2. The molecule has 0 spiro atoms. The topological polar surface area (TPSA) is 133 Å². The second-order valence-corrected chi connectivity index (χ2v) is 7.00. The van der Waals surface area contributed by atoms with Crippen LogP contribution in [-0.2, 0) is 22.7 Å². The number of carboxylic acids is 2. The van der Waals surface area contributed by atoms with Gasteiger partial charge < -0.3 is 28.5 Å². The van der Waals surface area contributed by atoms with E-state index in [1.807, 2.05) is 53.5 Å². The van der Waals surface area contributed by atoms with Gasteiger partial charge in [-0.15, -0.1) is 0 Å². The highest BCUT2D eigenvalue weighted by atomic mass is 16.5. The molecule has 34 heavy (non-hydrogen) atoms. The zero-order valence-electron chi connectivity index (χ0n) is 19.5. The minimum Gasteiger partial charge on any atom is -0.497 e. The van der Waals surface area contributed by atoms with Crippen molar-refractivity contribution in [3.05, 3.63) is 67.0 Å². The largest absolute Gasteiger partial charge is 0.497 e. The Balaban J connectivity index is 0.000000446. The van der Waals surface area contributed by atoms with Gasteiger partial charge in [-0.05, 0) is 43.3 Å². The van der Waals surface area contributed by atoms with E-state index >= 15 is 0 Å². The van der Waals surface area contributed by atoms with Gasteiger partial charge in [0.2, 0.25) is 0 Å². The summed E-state index contributed by atoms with van der Waals surface area (Å²) in [7, 11) is 1.66. The van der Waals surface area contributed by atoms with E-state index in [4.69, 9.17) is 29.0 Å². The molecule has 0 saturated carbocycles. The molecule has 180 valence electrons. The first-order chi connectivity index (χ1) is 16.2. The Labute approximate surface area is 197 Å². The van der Waals surface area contributed by atoms with E-state index in [1.54, 1.807) is 13.3 Å². The number of hydrogen-bond acceptors (Lipinski definition) is 6. The Hall–Kier alpha value is -4.34. The number of aliphatic carboxylic acids is 2. The van der Waals surface area contributed by atoms with E-state index in [2.05, 4.69) is 27.7 Å². The molecule has 3 aromatic heterocycles. The van der Waals surface area contributed by atoms with Crippen LogP contribution in [0.1, 0.15) is 26.5 Å². The summed E-state index contributed by atoms with van der Waals surface area (Å²) >= 11 is 0. The van der Waals surface area contributed by atoms with Gasteiger partial charge >= 0.3 is 0 Å². The molecule has 4 rings (SSSR count). The molecule has 0 aliphatic rings. The molecular weight excluding hydrogens is 440 g/mol. The number of ether oxygens (including phenoxy) is 1. The fourth-order valence-corrected chi connectivity index (χ4v) is 2.87. The van der Waals surface area contributed by atoms with E-state index < -0.39 is 11.9 Å². The number of methoxy groups -OCH3 is 1. The van der Waals surface area contributed by atoms with Crippen LogP contribution in [0.2, 0.25) is 0 Å². The highest BCUT2D eigenvalue weighted by Gasteiger charge is 2.13. The van der Waals surface area contributed by atoms with Crippen molar-refractivity contribution in [2.75, 3.05) is 7.11 Å². The number of aryl methyl sites for hydroxylation is 1. The van der Waals surface area contributed by atoms with Crippen molar-refractivity contribution < 1.29 is 29.0 Å². The molecule has 1 aromatic carbocycles. The lowest BCUT2D eigenvalue weighted by Gasteiger charge is -2.04. The molecule has 0 unspecified atom stereocenters. The zero-order chi connectivity index (χ0) is 25.1. The van der Waals surface area contributed by atoms with Crippen molar-refractivity contribution in [1.29, 1.82) is 0 Å². The summed E-state index contributed by atoms with van der Waals surface area (Å²) in [4.78, 5) is 26.9. The molecule has 4 aromatic rings. The van der Waals surface area contributed by atoms with Gasteiger partial charge in [0.15, 0.2) is 11.6 Å². The van der Waals surface area contributed by atoms with Crippen molar-refractivity contribution in [1.82, 2.24) is 19.1 Å². The van der Waals surface area contributed by atoms with Gasteiger partial charge in [-0.3, -0.25) is 9.59 Å². The molecule has 0 saturated heterocycles. The maximum absolute atomic E-state index is 9.00. The van der Waals surface area contributed by atoms with E-state index in [0.717, 1.165) is 54.7 Å². The Morgan fingerprint density at radius 2 is 1.62 bits per heavy atom. The number of nitrogens with zero attached hydrogens (tertiary/aromatic N) is 4. The van der Waals surface area contributed by atoms with Gasteiger partial charge in [0.05, 0.1) is 25.7 Å². The summed E-state index contributed by atoms with van der Waals surface area (Å²) in [6.45, 7) is 5.83. The molecule has 0 atom stereocenters. The minimum absolute atomic E-state index is 0.654. The number of rotatable bonds is 6. The van der Waals surface area contributed by atoms with Crippen LogP contribution in [0.4, 0.5) is 0 Å². The SMILES string of the molecule is CC(=O)O.CC(=O)O.CCn1cnc(Cn2ccnc2-c2ccc(-c3ccc(OC)cc3)o2)c1. The van der Waals surface area contributed by atoms with Crippen LogP contribution in [0.25, 0.3) is 22.9 Å². The smallest absolute Gasteiger partial charge is 0.300 e. The van der Waals surface area contributed by atoms with Crippen LogP contribution < -0.4 is 4.74 Å². The van der Waals surface area contributed by atoms with E-state index in [1.165, 1.54) is 0 Å². The lowest BCUT2D eigenvalue weighted by molar-refractivity contribution is -0.135. The first-order valence-electron chi connectivity index (χ1n) is 10.4. The monoisotopic (exact) mass is 468 g/mol. The Morgan fingerprint density at radius 3 is 2.18 bits per heavy atom. The summed E-state index contributed by atoms with van der Waals surface area (Å²) in [5.41, 5.74) is 1.99. The van der Waals surface area contributed by atoms with Crippen LogP contribution >= 0.6 is 0 Å². The van der Waals surface area contributed by atoms with Crippen LogP contribution in [0.15, 0.2) is 65.7 Å². The first kappa shape index (κ1) is 25.9. The Kier molecular flexibility index (Phi) is 9.63. The van der Waals surface area contributed by atoms with Crippen molar-refractivity contribution in [3.63, 3.8) is 0 Å². The lowest BCUT2D eigenvalue weighted by Crippen LogP contribution is -2.01. The molecule has 10 nitrogen and oxygen atoms in total. The van der Waals surface area contributed by atoms with Crippen LogP contribution in [-0.4, -0.2) is 48.4 Å². The molecule has 0 radical (unpaired) electrons. The van der Waals surface area contributed by atoms with Gasteiger partial charge in [-0.2, -0.15) is 0 Å². The summed E-state index contributed by atoms with van der Waals surface area (Å²) in [6.07, 6.45) is 7.62. The molecule has 2 N–H and O–H groups in total. The average Bonchev–Trinajstić information content (AvgIpc) is 3.54. The van der Waals surface area contributed by atoms with E-state index in [9.17, 15) is 0 Å². The summed E-state index contributed by atoms with van der Waals surface area (Å²) in [5.74, 6) is 1.47. The predicted molar refractivity (Wildman–Crippen MR) is 126 cm³/mol. The number of carboxylic acid groups (broad SMARTS) is 2. The predicted octanol–water partition coefficient (Wildman–Crippen LogP) is 4.27. The number of hydrogen-bond donors (Lipinski definition) is 2. The van der Waals surface area contributed by atoms with Gasteiger partial charge in [-0.1, -0.05) is 0 Å². The number of aromatic nitrogens is 4. The molecule has 0 aliphatic carbocycles. The highest BCUT2D eigenvalue weighted by Crippen LogP contribution is 2.29. The van der Waals surface area contributed by atoms with Crippen molar-refractivity contribution in [2.24, 2.45) is 0 Å². The van der Waals surface area contributed by atoms with Gasteiger partial charge in [-0.25, -0.2) is 9.97 Å². The number of imidazole rings is 2. The van der Waals surface area contributed by atoms with Crippen LogP contribution in [0.3, 0.4) is 0 Å². The second-order valence-electron chi connectivity index (χ2n) is 7.00. The van der Waals surface area contributed by atoms with Crippen molar-refractivity contribution in [3.8, 4) is 28.7 Å². The van der Waals surface area contributed by atoms with Gasteiger partial charge in [0, 0.05) is 44.5 Å². The fraction of sp³-hybridized carbons (Fsp3) is 0.250. The third kappa shape index (κ3) is 7.97. The van der Waals surface area contributed by atoms with Crippen LogP contribution in [0, 0.1) is 0 Å². The van der Waals surface area contributed by atoms with Crippen molar-refractivity contribution in [2.45, 2.75) is 33.9 Å². The molecule has 0 amide bonds. The minimum atomic E-state index is -0.833. The zero-order valence-corrected chi connectivity index (χ0v) is 19.5. The lowest BCUT2D eigenvalue weighted by atomic mass is 10.2. The standard InChI is InChI=1S/C20H20N4O2.2C2H4O2/c1-3-23-12-16(22-14-23)13-24-11-10-21-20(24)19-9-8-18(26-19)15-4-6-17(25-2)7-5-15;2*1-2(3)4/h4-12,14H,3,13H2,1-2H3;2*1H3,(H,3,4). The molecule has 0 fully saturated rings. The first-order valence-corrected chi connectivity index (χ1v) is 10.4. The maximum Gasteiger partial charge on any atom is 0.300 e. The number of benzene rings is 1. The molecule has 3 heterocycles. The van der Waals surface area contributed by atoms with Crippen molar-refractivity contribution >= 4 is 11.9 Å². The normalized spacial score (nSPS) is 9.88. The maximum atomic E-state index is 9.00. The van der Waals surface area contributed by atoms with E-state index in [0.29, 0.717) is 6.54 Å². The second kappa shape index (κ2) is 12.6. The Bertz CT molecular complexity index is 1170. The average molecular weight is 469 g/mol. The summed E-state index contributed by atoms with van der Waals surface area (Å²) < 4.78 is 15.3. The molecule has 10 heteroatoms. The highest BCUT2D eigenvalue weighted by molar-refractivity contribution is 5.63. The third-order valence-electron chi connectivity index (χ3n) is 4.30. The third-order valence-corrected chi connectivity index (χ3v) is 4.30. The van der Waals surface area contributed by atoms with Gasteiger partial charge in [0.1, 0.15) is 11.5 Å². The summed E-state index contributed by atoms with van der Waals surface area (Å²) in [6, 6.07) is 11.7. The summed E-state index contributed by atoms with van der Waals surface area (Å²) in [5, 5.41) is 14.8. The quantitative estimate of drug-likeness (QED) is 0.429. The van der Waals surface area contributed by atoms with E-state index in [-0.39, 0.29) is 0 Å². The van der Waals surface area contributed by atoms with Gasteiger partial charge in [0.25, 0.3) is 11.9 Å².